The maximum Gasteiger partial charge on any atom is 0.142 e. The summed E-state index contributed by atoms with van der Waals surface area (Å²) in [7, 11) is 0. The zero-order valence-corrected chi connectivity index (χ0v) is 10.8. The number of pyridine rings is 1. The average Bonchev–Trinajstić information content (AvgIpc) is 2.79. The van der Waals surface area contributed by atoms with Crippen molar-refractivity contribution in [3.8, 4) is 5.75 Å². The van der Waals surface area contributed by atoms with Crippen LogP contribution in [-0.4, -0.2) is 9.38 Å². The molecule has 0 amide bonds. The third kappa shape index (κ3) is 2.48. The predicted molar refractivity (Wildman–Crippen MR) is 75.4 cm³/mol. The van der Waals surface area contributed by atoms with Crippen molar-refractivity contribution in [2.75, 3.05) is 5.73 Å². The molecule has 2 aromatic heterocycles. The van der Waals surface area contributed by atoms with E-state index in [2.05, 4.69) is 4.98 Å². The van der Waals surface area contributed by atoms with Gasteiger partial charge in [0.25, 0.3) is 0 Å². The van der Waals surface area contributed by atoms with E-state index in [1.807, 2.05) is 47.1 Å². The van der Waals surface area contributed by atoms with Gasteiger partial charge in [0.2, 0.25) is 0 Å². The Kier molecular flexibility index (Phi) is 3.01. The summed E-state index contributed by atoms with van der Waals surface area (Å²) in [5.74, 6) is 0.664. The molecule has 2 heterocycles. The molecule has 0 saturated heterocycles. The lowest BCUT2D eigenvalue weighted by Crippen LogP contribution is -1.98. The zero-order chi connectivity index (χ0) is 13.2. The van der Waals surface area contributed by atoms with Gasteiger partial charge in [-0.05, 0) is 24.3 Å². The molecule has 0 aliphatic rings. The van der Waals surface area contributed by atoms with E-state index in [1.165, 1.54) is 0 Å². The van der Waals surface area contributed by atoms with Crippen LogP contribution in [-0.2, 0) is 6.61 Å². The van der Waals surface area contributed by atoms with Crippen molar-refractivity contribution < 1.29 is 4.74 Å². The number of fused-ring (bicyclic) bond motifs is 1. The van der Waals surface area contributed by atoms with Crippen LogP contribution in [0.25, 0.3) is 5.65 Å². The molecule has 3 rings (SSSR count). The van der Waals surface area contributed by atoms with Crippen LogP contribution in [0.15, 0.2) is 48.8 Å². The first-order valence-electron chi connectivity index (χ1n) is 5.83. The minimum absolute atomic E-state index is 0.369. The Hall–Kier alpha value is -2.20. The van der Waals surface area contributed by atoms with Gasteiger partial charge < -0.3 is 14.9 Å². The topological polar surface area (TPSA) is 52.5 Å². The predicted octanol–water partition coefficient (Wildman–Crippen LogP) is 3.15. The summed E-state index contributed by atoms with van der Waals surface area (Å²) in [6.07, 6.45) is 3.70. The summed E-state index contributed by atoms with van der Waals surface area (Å²) in [5, 5.41) is 0.671. The fraction of sp³-hybridized carbons (Fsp3) is 0.0714. The molecule has 0 unspecified atom stereocenters. The lowest BCUT2D eigenvalue weighted by molar-refractivity contribution is 0.304. The number of nitrogen functional groups attached to an aromatic ring is 1. The van der Waals surface area contributed by atoms with Crippen molar-refractivity contribution in [2.45, 2.75) is 6.61 Å². The third-order valence-electron chi connectivity index (χ3n) is 2.76. The summed E-state index contributed by atoms with van der Waals surface area (Å²) < 4.78 is 7.52. The van der Waals surface area contributed by atoms with E-state index in [0.29, 0.717) is 23.1 Å². The van der Waals surface area contributed by atoms with E-state index in [-0.39, 0.29) is 0 Å². The maximum atomic E-state index is 5.93. The summed E-state index contributed by atoms with van der Waals surface area (Å²) in [5.41, 5.74) is 8.09. The second kappa shape index (κ2) is 4.82. The maximum absolute atomic E-state index is 5.93. The van der Waals surface area contributed by atoms with Crippen molar-refractivity contribution in [3.63, 3.8) is 0 Å². The molecule has 0 bridgehead atoms. The fourth-order valence-corrected chi connectivity index (χ4v) is 2.02. The molecule has 4 nitrogen and oxygen atoms in total. The van der Waals surface area contributed by atoms with Crippen LogP contribution in [0.2, 0.25) is 5.02 Å². The fourth-order valence-electron chi connectivity index (χ4n) is 1.85. The average molecular weight is 274 g/mol. The van der Waals surface area contributed by atoms with Gasteiger partial charge in [0.1, 0.15) is 18.0 Å². The number of hydrogen-bond donors (Lipinski definition) is 1. The van der Waals surface area contributed by atoms with E-state index in [4.69, 9.17) is 22.1 Å². The van der Waals surface area contributed by atoms with Crippen molar-refractivity contribution in [1.82, 2.24) is 9.38 Å². The largest absolute Gasteiger partial charge is 0.485 e. The molecule has 0 saturated carbocycles. The zero-order valence-electron chi connectivity index (χ0n) is 10.1. The van der Waals surface area contributed by atoms with Gasteiger partial charge in [-0.15, -0.1) is 0 Å². The molecule has 0 atom stereocenters. The summed E-state index contributed by atoms with van der Waals surface area (Å²) in [6, 6.07) is 11.1. The molecule has 96 valence electrons. The van der Waals surface area contributed by atoms with Gasteiger partial charge >= 0.3 is 0 Å². The second-order valence-electron chi connectivity index (χ2n) is 4.17. The summed E-state index contributed by atoms with van der Waals surface area (Å²) in [6.45, 7) is 0.369. The van der Waals surface area contributed by atoms with E-state index >= 15 is 0 Å². The van der Waals surface area contributed by atoms with Crippen LogP contribution in [0.5, 0.6) is 5.75 Å². The van der Waals surface area contributed by atoms with E-state index in [9.17, 15) is 0 Å². The van der Waals surface area contributed by atoms with E-state index < -0.39 is 0 Å². The van der Waals surface area contributed by atoms with Crippen molar-refractivity contribution >= 4 is 22.9 Å². The highest BCUT2D eigenvalue weighted by Crippen LogP contribution is 2.21. The van der Waals surface area contributed by atoms with Crippen LogP contribution >= 0.6 is 11.6 Å². The van der Waals surface area contributed by atoms with Crippen molar-refractivity contribution in [2.24, 2.45) is 0 Å². The Balaban J connectivity index is 1.80. The van der Waals surface area contributed by atoms with Crippen LogP contribution in [0, 0.1) is 0 Å². The lowest BCUT2D eigenvalue weighted by Gasteiger charge is -2.06. The minimum atomic E-state index is 0.369. The molecular weight excluding hydrogens is 262 g/mol. The number of nitrogens with zero attached hydrogens (tertiary/aromatic N) is 2. The normalized spacial score (nSPS) is 10.8. The monoisotopic (exact) mass is 273 g/mol. The van der Waals surface area contributed by atoms with E-state index in [1.54, 1.807) is 6.07 Å². The first-order chi connectivity index (χ1) is 9.22. The number of ether oxygens (including phenoxy) is 1. The molecule has 2 N–H and O–H groups in total. The minimum Gasteiger partial charge on any atom is -0.485 e. The Bertz CT molecular complexity index is 724. The molecule has 19 heavy (non-hydrogen) atoms. The molecule has 1 aromatic carbocycles. The molecular formula is C14H12ClN3O. The highest BCUT2D eigenvalue weighted by atomic mass is 35.5. The van der Waals surface area contributed by atoms with Gasteiger partial charge in [-0.2, -0.15) is 0 Å². The number of imidazole rings is 1. The van der Waals surface area contributed by atoms with Gasteiger partial charge in [-0.3, -0.25) is 0 Å². The van der Waals surface area contributed by atoms with Crippen LogP contribution in [0.3, 0.4) is 0 Å². The Morgan fingerprint density at radius 2 is 2.00 bits per heavy atom. The van der Waals surface area contributed by atoms with Gasteiger partial charge in [0.15, 0.2) is 0 Å². The second-order valence-corrected chi connectivity index (χ2v) is 4.61. The van der Waals surface area contributed by atoms with Crippen LogP contribution < -0.4 is 10.5 Å². The molecule has 0 fully saturated rings. The number of aromatic nitrogens is 2. The van der Waals surface area contributed by atoms with Gasteiger partial charge in [0, 0.05) is 12.4 Å². The third-order valence-corrected chi connectivity index (χ3v) is 2.98. The van der Waals surface area contributed by atoms with Crippen molar-refractivity contribution in [3.05, 3.63) is 59.5 Å². The Morgan fingerprint density at radius 3 is 2.84 bits per heavy atom. The van der Waals surface area contributed by atoms with Crippen LogP contribution in [0.4, 0.5) is 5.69 Å². The highest BCUT2D eigenvalue weighted by molar-refractivity contribution is 6.30. The molecule has 5 heteroatoms. The van der Waals surface area contributed by atoms with Gasteiger partial charge in [-0.1, -0.05) is 23.7 Å². The standard InChI is InChI=1S/C14H12ClN3O/c15-10-5-6-14-17-11(8-18(14)7-10)9-19-13-4-2-1-3-12(13)16/h1-8H,9,16H2. The SMILES string of the molecule is Nc1ccccc1OCc1cn2cc(Cl)ccc2n1. The summed E-state index contributed by atoms with van der Waals surface area (Å²) in [4.78, 5) is 4.44. The number of benzene rings is 1. The van der Waals surface area contributed by atoms with Gasteiger partial charge in [0.05, 0.1) is 16.4 Å². The summed E-state index contributed by atoms with van der Waals surface area (Å²) >= 11 is 5.93. The number of anilines is 1. The molecule has 3 aromatic rings. The molecule has 0 aliphatic heterocycles. The highest BCUT2D eigenvalue weighted by Gasteiger charge is 2.04. The van der Waals surface area contributed by atoms with E-state index in [0.717, 1.165) is 11.3 Å². The molecule has 0 spiro atoms. The number of rotatable bonds is 3. The lowest BCUT2D eigenvalue weighted by atomic mass is 10.3. The van der Waals surface area contributed by atoms with Crippen LogP contribution in [0.1, 0.15) is 5.69 Å². The first-order valence-corrected chi connectivity index (χ1v) is 6.20. The quantitative estimate of drug-likeness (QED) is 0.746. The molecule has 0 radical (unpaired) electrons. The number of para-hydroxylation sites is 2. The molecule has 0 aliphatic carbocycles. The van der Waals surface area contributed by atoms with Crippen molar-refractivity contribution in [1.29, 1.82) is 0 Å². The first kappa shape index (κ1) is 11.9. The number of halogens is 1. The Morgan fingerprint density at radius 1 is 1.16 bits per heavy atom. The Labute approximate surface area is 115 Å². The smallest absolute Gasteiger partial charge is 0.142 e. The van der Waals surface area contributed by atoms with Gasteiger partial charge in [-0.25, -0.2) is 4.98 Å². The number of hydrogen-bond acceptors (Lipinski definition) is 3. The number of nitrogens with two attached hydrogens (primary N) is 1.